The Hall–Kier alpha value is -2.83. The van der Waals surface area contributed by atoms with Crippen molar-refractivity contribution in [1.29, 1.82) is 0 Å². The van der Waals surface area contributed by atoms with Crippen LogP contribution in [0.25, 0.3) is 17.1 Å². The summed E-state index contributed by atoms with van der Waals surface area (Å²) in [5.74, 6) is -0.905. The molecular weight excluding hydrogens is 276 g/mol. The van der Waals surface area contributed by atoms with Crippen LogP contribution in [0.2, 0.25) is 0 Å². The number of hydrogen-bond acceptors (Lipinski definition) is 4. The van der Waals surface area contributed by atoms with E-state index in [9.17, 15) is 8.78 Å². The first-order valence-corrected chi connectivity index (χ1v) is 6.16. The fraction of sp³-hybridized carbons (Fsp3) is 0.0714. The lowest BCUT2D eigenvalue weighted by molar-refractivity contribution is 0.584. The van der Waals surface area contributed by atoms with E-state index in [0.29, 0.717) is 11.3 Å². The SMILES string of the molecule is Cc1cc(N)cc(-c2nnnn2-c2cc(F)ccc2F)c1. The van der Waals surface area contributed by atoms with Gasteiger partial charge < -0.3 is 5.73 Å². The Morgan fingerprint density at radius 3 is 2.67 bits per heavy atom. The third kappa shape index (κ3) is 2.45. The molecule has 106 valence electrons. The van der Waals surface area contributed by atoms with Crippen molar-refractivity contribution in [2.24, 2.45) is 0 Å². The smallest absolute Gasteiger partial charge is 0.187 e. The van der Waals surface area contributed by atoms with Crippen LogP contribution < -0.4 is 5.73 Å². The van der Waals surface area contributed by atoms with Crippen molar-refractivity contribution in [3.05, 3.63) is 53.6 Å². The summed E-state index contributed by atoms with van der Waals surface area (Å²) in [4.78, 5) is 0. The first-order valence-electron chi connectivity index (χ1n) is 6.16. The molecule has 1 aromatic heterocycles. The summed E-state index contributed by atoms with van der Waals surface area (Å²) in [6, 6.07) is 8.38. The minimum absolute atomic E-state index is 0.0601. The van der Waals surface area contributed by atoms with E-state index in [4.69, 9.17) is 5.73 Å². The summed E-state index contributed by atoms with van der Waals surface area (Å²) in [7, 11) is 0. The summed E-state index contributed by atoms with van der Waals surface area (Å²) in [5.41, 5.74) is 7.82. The zero-order valence-electron chi connectivity index (χ0n) is 11.1. The number of nitrogens with zero attached hydrogens (tertiary/aromatic N) is 4. The van der Waals surface area contributed by atoms with Gasteiger partial charge >= 0.3 is 0 Å². The molecule has 0 aliphatic carbocycles. The Morgan fingerprint density at radius 2 is 1.90 bits per heavy atom. The van der Waals surface area contributed by atoms with Crippen LogP contribution in [0, 0.1) is 18.6 Å². The molecule has 7 heteroatoms. The maximum Gasteiger partial charge on any atom is 0.187 e. The Morgan fingerprint density at radius 1 is 1.10 bits per heavy atom. The van der Waals surface area contributed by atoms with Crippen molar-refractivity contribution in [3.63, 3.8) is 0 Å². The number of anilines is 1. The maximum absolute atomic E-state index is 13.9. The predicted octanol–water partition coefficient (Wildman–Crippen LogP) is 2.50. The van der Waals surface area contributed by atoms with Crippen molar-refractivity contribution in [3.8, 4) is 17.1 Å². The number of hydrogen-bond donors (Lipinski definition) is 1. The number of halogens is 2. The highest BCUT2D eigenvalue weighted by molar-refractivity contribution is 5.64. The summed E-state index contributed by atoms with van der Waals surface area (Å²) < 4.78 is 28.4. The number of rotatable bonds is 2. The Bertz CT molecular complexity index is 793. The van der Waals surface area contributed by atoms with Gasteiger partial charge in [0, 0.05) is 17.3 Å². The van der Waals surface area contributed by atoms with Crippen LogP contribution in [0.4, 0.5) is 14.5 Å². The van der Waals surface area contributed by atoms with Gasteiger partial charge in [-0.3, -0.25) is 0 Å². The van der Waals surface area contributed by atoms with E-state index in [0.717, 1.165) is 28.4 Å². The van der Waals surface area contributed by atoms with Crippen molar-refractivity contribution in [1.82, 2.24) is 20.2 Å². The molecule has 21 heavy (non-hydrogen) atoms. The van der Waals surface area contributed by atoms with E-state index in [1.54, 1.807) is 12.1 Å². The molecule has 0 unspecified atom stereocenters. The third-order valence-corrected chi connectivity index (χ3v) is 2.96. The van der Waals surface area contributed by atoms with Gasteiger partial charge in [-0.15, -0.1) is 5.10 Å². The highest BCUT2D eigenvalue weighted by atomic mass is 19.1. The van der Waals surface area contributed by atoms with Gasteiger partial charge in [-0.25, -0.2) is 8.78 Å². The fourth-order valence-corrected chi connectivity index (χ4v) is 2.12. The van der Waals surface area contributed by atoms with Crippen LogP contribution in [0.3, 0.4) is 0 Å². The molecule has 0 atom stereocenters. The van der Waals surface area contributed by atoms with Gasteiger partial charge in [0.05, 0.1) is 0 Å². The molecule has 0 fully saturated rings. The molecule has 0 radical (unpaired) electrons. The number of nitrogens with two attached hydrogens (primary N) is 1. The summed E-state index contributed by atoms with van der Waals surface area (Å²) in [6.45, 7) is 1.87. The van der Waals surface area contributed by atoms with Crippen LogP contribution in [0.1, 0.15) is 5.56 Å². The maximum atomic E-state index is 13.9. The normalized spacial score (nSPS) is 10.8. The largest absolute Gasteiger partial charge is 0.399 e. The lowest BCUT2D eigenvalue weighted by Gasteiger charge is -2.07. The average molecular weight is 287 g/mol. The molecule has 0 saturated heterocycles. The first-order chi connectivity index (χ1) is 10.0. The zero-order valence-corrected chi connectivity index (χ0v) is 11.1. The third-order valence-electron chi connectivity index (χ3n) is 2.96. The van der Waals surface area contributed by atoms with Crippen molar-refractivity contribution in [2.45, 2.75) is 6.92 Å². The fourth-order valence-electron chi connectivity index (χ4n) is 2.12. The Balaban J connectivity index is 2.19. The molecule has 1 heterocycles. The molecule has 2 N–H and O–H groups in total. The van der Waals surface area contributed by atoms with Gasteiger partial charge in [-0.1, -0.05) is 0 Å². The topological polar surface area (TPSA) is 69.6 Å². The van der Waals surface area contributed by atoms with Gasteiger partial charge in [0.1, 0.15) is 17.3 Å². The number of tetrazole rings is 1. The van der Waals surface area contributed by atoms with Crippen LogP contribution in [0.5, 0.6) is 0 Å². The molecule has 3 aromatic rings. The zero-order chi connectivity index (χ0) is 15.0. The molecule has 0 amide bonds. The Labute approximate surface area is 119 Å². The molecule has 0 aliphatic rings. The predicted molar refractivity (Wildman–Crippen MR) is 73.7 cm³/mol. The van der Waals surface area contributed by atoms with Gasteiger partial charge in [0.25, 0.3) is 0 Å². The van der Waals surface area contributed by atoms with E-state index in [2.05, 4.69) is 15.5 Å². The second kappa shape index (κ2) is 4.93. The summed E-state index contributed by atoms with van der Waals surface area (Å²) in [5, 5.41) is 11.1. The summed E-state index contributed by atoms with van der Waals surface area (Å²) in [6.07, 6.45) is 0. The van der Waals surface area contributed by atoms with Gasteiger partial charge in [-0.2, -0.15) is 4.68 Å². The van der Waals surface area contributed by atoms with Crippen molar-refractivity contribution < 1.29 is 8.78 Å². The summed E-state index contributed by atoms with van der Waals surface area (Å²) >= 11 is 0. The lowest BCUT2D eigenvalue weighted by Crippen LogP contribution is -2.03. The van der Waals surface area contributed by atoms with Crippen molar-refractivity contribution >= 4 is 5.69 Å². The second-order valence-corrected chi connectivity index (χ2v) is 4.64. The molecule has 3 rings (SSSR count). The molecule has 0 saturated carbocycles. The van der Waals surface area contributed by atoms with Crippen LogP contribution >= 0.6 is 0 Å². The number of benzene rings is 2. The monoisotopic (exact) mass is 287 g/mol. The van der Waals surface area contributed by atoms with Crippen LogP contribution in [-0.2, 0) is 0 Å². The molecule has 2 aromatic carbocycles. The average Bonchev–Trinajstić information content (AvgIpc) is 2.89. The van der Waals surface area contributed by atoms with E-state index >= 15 is 0 Å². The molecule has 5 nitrogen and oxygen atoms in total. The highest BCUT2D eigenvalue weighted by Crippen LogP contribution is 2.24. The number of aromatic nitrogens is 4. The highest BCUT2D eigenvalue weighted by Gasteiger charge is 2.15. The lowest BCUT2D eigenvalue weighted by atomic mass is 10.1. The van der Waals surface area contributed by atoms with E-state index in [1.165, 1.54) is 0 Å². The minimum atomic E-state index is -0.620. The number of aryl methyl sites for hydroxylation is 1. The van der Waals surface area contributed by atoms with Crippen molar-refractivity contribution in [2.75, 3.05) is 5.73 Å². The van der Waals surface area contributed by atoms with E-state index in [-0.39, 0.29) is 11.5 Å². The first kappa shape index (κ1) is 13.2. The van der Waals surface area contributed by atoms with Crippen LogP contribution in [-0.4, -0.2) is 20.2 Å². The minimum Gasteiger partial charge on any atom is -0.399 e. The standard InChI is InChI=1S/C14H11F2N5/c1-8-4-9(6-11(17)5-8)14-18-19-20-21(14)13-7-10(15)2-3-12(13)16/h2-7H,17H2,1H3. The van der Waals surface area contributed by atoms with Gasteiger partial charge in [-0.05, 0) is 53.2 Å². The quantitative estimate of drug-likeness (QED) is 0.735. The van der Waals surface area contributed by atoms with E-state index in [1.807, 2.05) is 13.0 Å². The Kier molecular flexibility index (Phi) is 3.09. The molecule has 0 bridgehead atoms. The molecule has 0 spiro atoms. The second-order valence-electron chi connectivity index (χ2n) is 4.64. The number of nitrogen functional groups attached to an aromatic ring is 1. The van der Waals surface area contributed by atoms with Gasteiger partial charge in [0.2, 0.25) is 0 Å². The van der Waals surface area contributed by atoms with E-state index < -0.39 is 11.6 Å². The van der Waals surface area contributed by atoms with Gasteiger partial charge in [0.15, 0.2) is 5.82 Å². The van der Waals surface area contributed by atoms with Crippen LogP contribution in [0.15, 0.2) is 36.4 Å². The molecule has 0 aliphatic heterocycles. The molecular formula is C14H11F2N5.